The Balaban J connectivity index is 2.95. The topological polar surface area (TPSA) is 38.5 Å². The van der Waals surface area contributed by atoms with E-state index in [2.05, 4.69) is 45.0 Å². The zero-order valence-electron chi connectivity index (χ0n) is 12.2. The molecule has 2 atom stereocenters. The lowest BCUT2D eigenvalue weighted by Crippen LogP contribution is -2.24. The third-order valence-electron chi connectivity index (χ3n) is 3.46. The van der Waals surface area contributed by atoms with Crippen molar-refractivity contribution in [2.24, 2.45) is 11.7 Å². The lowest BCUT2D eigenvalue weighted by Gasteiger charge is -2.27. The molecule has 0 saturated heterocycles. The second-order valence-corrected chi connectivity index (χ2v) is 5.29. The standard InChI is InChI=1S/C15H26N2O/c1-11(10-16)8-14(17(3)4)13-6-7-15(18-5)12(2)9-13/h6-7,9,11,14H,8,10,16H2,1-5H3. The Morgan fingerprint density at radius 3 is 2.44 bits per heavy atom. The van der Waals surface area contributed by atoms with E-state index in [1.54, 1.807) is 7.11 Å². The molecule has 0 spiro atoms. The van der Waals surface area contributed by atoms with Gasteiger partial charge in [0.05, 0.1) is 7.11 Å². The average molecular weight is 250 g/mol. The number of hydrogen-bond acceptors (Lipinski definition) is 3. The second kappa shape index (κ2) is 6.76. The zero-order chi connectivity index (χ0) is 13.7. The van der Waals surface area contributed by atoms with E-state index in [-0.39, 0.29) is 0 Å². The van der Waals surface area contributed by atoms with E-state index in [9.17, 15) is 0 Å². The summed E-state index contributed by atoms with van der Waals surface area (Å²) in [6.07, 6.45) is 1.08. The third-order valence-corrected chi connectivity index (χ3v) is 3.46. The fourth-order valence-electron chi connectivity index (χ4n) is 2.23. The van der Waals surface area contributed by atoms with Gasteiger partial charge in [0.2, 0.25) is 0 Å². The summed E-state index contributed by atoms with van der Waals surface area (Å²) in [7, 11) is 5.95. The van der Waals surface area contributed by atoms with Gasteiger partial charge in [0, 0.05) is 6.04 Å². The minimum absolute atomic E-state index is 0.410. The quantitative estimate of drug-likeness (QED) is 0.843. The van der Waals surface area contributed by atoms with Crippen LogP contribution in [-0.2, 0) is 0 Å². The van der Waals surface area contributed by atoms with E-state index in [1.807, 2.05) is 6.07 Å². The molecule has 3 nitrogen and oxygen atoms in total. The highest BCUT2D eigenvalue weighted by Gasteiger charge is 2.17. The number of methoxy groups -OCH3 is 1. The van der Waals surface area contributed by atoms with Gasteiger partial charge in [-0.2, -0.15) is 0 Å². The van der Waals surface area contributed by atoms with Crippen molar-refractivity contribution in [3.63, 3.8) is 0 Å². The minimum Gasteiger partial charge on any atom is -0.496 e. The van der Waals surface area contributed by atoms with Gasteiger partial charge in [0.1, 0.15) is 5.75 Å². The fraction of sp³-hybridized carbons (Fsp3) is 0.600. The molecule has 3 heteroatoms. The van der Waals surface area contributed by atoms with Gasteiger partial charge in [0.25, 0.3) is 0 Å². The summed E-state index contributed by atoms with van der Waals surface area (Å²) >= 11 is 0. The minimum atomic E-state index is 0.410. The molecule has 1 aromatic carbocycles. The number of nitrogens with two attached hydrogens (primary N) is 1. The van der Waals surface area contributed by atoms with Crippen molar-refractivity contribution < 1.29 is 4.74 Å². The lowest BCUT2D eigenvalue weighted by atomic mass is 9.94. The van der Waals surface area contributed by atoms with Crippen LogP contribution in [0.5, 0.6) is 5.75 Å². The number of benzene rings is 1. The summed E-state index contributed by atoms with van der Waals surface area (Å²) in [4.78, 5) is 2.26. The Morgan fingerprint density at radius 1 is 1.33 bits per heavy atom. The molecule has 18 heavy (non-hydrogen) atoms. The number of rotatable bonds is 6. The first-order valence-corrected chi connectivity index (χ1v) is 6.50. The molecule has 2 N–H and O–H groups in total. The zero-order valence-corrected chi connectivity index (χ0v) is 12.2. The maximum Gasteiger partial charge on any atom is 0.121 e. The third kappa shape index (κ3) is 3.72. The van der Waals surface area contributed by atoms with E-state index >= 15 is 0 Å². The Hall–Kier alpha value is -1.06. The van der Waals surface area contributed by atoms with Gasteiger partial charge in [-0.25, -0.2) is 0 Å². The first-order chi connectivity index (χ1) is 8.49. The molecule has 2 unspecified atom stereocenters. The molecule has 0 heterocycles. The smallest absolute Gasteiger partial charge is 0.121 e. The summed E-state index contributed by atoms with van der Waals surface area (Å²) < 4.78 is 5.31. The molecule has 0 amide bonds. The van der Waals surface area contributed by atoms with Gasteiger partial charge in [-0.05, 0) is 57.1 Å². The van der Waals surface area contributed by atoms with Crippen LogP contribution in [0.25, 0.3) is 0 Å². The highest BCUT2D eigenvalue weighted by atomic mass is 16.5. The Labute approximate surface area is 111 Å². The summed E-state index contributed by atoms with van der Waals surface area (Å²) in [6.45, 7) is 5.02. The summed E-state index contributed by atoms with van der Waals surface area (Å²) in [6, 6.07) is 6.83. The van der Waals surface area contributed by atoms with Crippen molar-refractivity contribution in [1.29, 1.82) is 0 Å². The first-order valence-electron chi connectivity index (χ1n) is 6.50. The molecular weight excluding hydrogens is 224 g/mol. The van der Waals surface area contributed by atoms with Gasteiger partial charge < -0.3 is 15.4 Å². The fourth-order valence-corrected chi connectivity index (χ4v) is 2.23. The summed E-state index contributed by atoms with van der Waals surface area (Å²) in [5.41, 5.74) is 8.25. The van der Waals surface area contributed by atoms with Gasteiger partial charge in [-0.3, -0.25) is 0 Å². The number of aryl methyl sites for hydroxylation is 1. The lowest BCUT2D eigenvalue weighted by molar-refractivity contribution is 0.255. The van der Waals surface area contributed by atoms with Crippen molar-refractivity contribution >= 4 is 0 Å². The number of hydrogen-bond donors (Lipinski definition) is 1. The van der Waals surface area contributed by atoms with E-state index in [0.717, 1.165) is 18.7 Å². The predicted molar refractivity (Wildman–Crippen MR) is 77.0 cm³/mol. The Bertz CT molecular complexity index is 377. The highest BCUT2D eigenvalue weighted by Crippen LogP contribution is 2.29. The van der Waals surface area contributed by atoms with Crippen molar-refractivity contribution in [3.05, 3.63) is 29.3 Å². The molecule has 0 aliphatic heterocycles. The number of ether oxygens (including phenoxy) is 1. The highest BCUT2D eigenvalue weighted by molar-refractivity contribution is 5.37. The monoisotopic (exact) mass is 250 g/mol. The Morgan fingerprint density at radius 2 is 2.00 bits per heavy atom. The molecular formula is C15H26N2O. The molecule has 0 radical (unpaired) electrons. The predicted octanol–water partition coefficient (Wildman–Crippen LogP) is 2.59. The van der Waals surface area contributed by atoms with E-state index in [0.29, 0.717) is 12.0 Å². The van der Waals surface area contributed by atoms with Gasteiger partial charge in [-0.15, -0.1) is 0 Å². The van der Waals surface area contributed by atoms with Crippen LogP contribution in [0.1, 0.15) is 30.5 Å². The van der Waals surface area contributed by atoms with E-state index in [4.69, 9.17) is 10.5 Å². The molecule has 0 aliphatic carbocycles. The SMILES string of the molecule is COc1ccc(C(CC(C)CN)N(C)C)cc1C. The van der Waals surface area contributed by atoms with Crippen LogP contribution in [0.4, 0.5) is 0 Å². The van der Waals surface area contributed by atoms with Crippen LogP contribution in [-0.4, -0.2) is 32.6 Å². The van der Waals surface area contributed by atoms with E-state index < -0.39 is 0 Å². The maximum absolute atomic E-state index is 5.74. The van der Waals surface area contributed by atoms with Gasteiger partial charge in [0.15, 0.2) is 0 Å². The van der Waals surface area contributed by atoms with Gasteiger partial charge >= 0.3 is 0 Å². The van der Waals surface area contributed by atoms with Crippen molar-refractivity contribution in [3.8, 4) is 5.75 Å². The van der Waals surface area contributed by atoms with Crippen molar-refractivity contribution in [2.75, 3.05) is 27.7 Å². The molecule has 0 saturated carbocycles. The Kier molecular flexibility index (Phi) is 5.63. The van der Waals surface area contributed by atoms with Crippen molar-refractivity contribution in [1.82, 2.24) is 4.90 Å². The van der Waals surface area contributed by atoms with Crippen LogP contribution >= 0.6 is 0 Å². The summed E-state index contributed by atoms with van der Waals surface area (Å²) in [5.74, 6) is 1.47. The molecule has 1 aromatic rings. The first kappa shape index (κ1) is 15.0. The van der Waals surface area contributed by atoms with Crippen LogP contribution in [0.15, 0.2) is 18.2 Å². The largest absolute Gasteiger partial charge is 0.496 e. The van der Waals surface area contributed by atoms with Crippen LogP contribution < -0.4 is 10.5 Å². The van der Waals surface area contributed by atoms with E-state index in [1.165, 1.54) is 11.1 Å². The molecule has 102 valence electrons. The van der Waals surface area contributed by atoms with Crippen LogP contribution in [0, 0.1) is 12.8 Å². The van der Waals surface area contributed by atoms with Crippen LogP contribution in [0.3, 0.4) is 0 Å². The normalized spacial score (nSPS) is 14.6. The molecule has 1 rings (SSSR count). The van der Waals surface area contributed by atoms with Crippen molar-refractivity contribution in [2.45, 2.75) is 26.3 Å². The maximum atomic E-state index is 5.74. The molecule has 0 fully saturated rings. The second-order valence-electron chi connectivity index (χ2n) is 5.29. The molecule has 0 aliphatic rings. The summed E-state index contributed by atoms with van der Waals surface area (Å²) in [5, 5.41) is 0. The molecule has 0 aromatic heterocycles. The molecule has 0 bridgehead atoms. The number of nitrogens with zero attached hydrogens (tertiary/aromatic N) is 1. The van der Waals surface area contributed by atoms with Gasteiger partial charge in [-0.1, -0.05) is 19.1 Å². The van der Waals surface area contributed by atoms with Crippen LogP contribution in [0.2, 0.25) is 0 Å². The average Bonchev–Trinajstić information content (AvgIpc) is 2.35.